The van der Waals surface area contributed by atoms with Crippen molar-refractivity contribution in [2.45, 2.75) is 43.9 Å². The number of alkyl carbamates (subject to hydrolysis) is 1. The van der Waals surface area contributed by atoms with Gasteiger partial charge in [-0.05, 0) is 43.6 Å². The van der Waals surface area contributed by atoms with Crippen molar-refractivity contribution in [3.05, 3.63) is 95.6 Å². The number of hydrogen-bond donors (Lipinski definition) is 5. The Balaban J connectivity index is 1.31. The maximum Gasteiger partial charge on any atom is 0.407 e. The second kappa shape index (κ2) is 14.6. The molecule has 5 N–H and O–H groups in total. The monoisotopic (exact) mass is 590 g/mol. The molecule has 0 bridgehead atoms. The number of ether oxygens (including phenoxy) is 1. The molecule has 0 aliphatic heterocycles. The zero-order valence-corrected chi connectivity index (χ0v) is 24.4. The van der Waals surface area contributed by atoms with Crippen LogP contribution in [0.15, 0.2) is 78.9 Å². The summed E-state index contributed by atoms with van der Waals surface area (Å²) in [5, 5.41) is 20.7. The molecule has 220 valence electrons. The number of carbonyl (C=O) groups excluding carboxylic acids is 4. The molecule has 4 amide bonds. The molecular formula is C31H35N4O6P. The van der Waals surface area contributed by atoms with Crippen molar-refractivity contribution in [2.24, 2.45) is 0 Å². The number of amides is 4. The molecule has 0 spiro atoms. The Kier molecular flexibility index (Phi) is 10.6. The number of nitrogens with one attached hydrogen (secondary N) is 4. The van der Waals surface area contributed by atoms with Gasteiger partial charge in [0.1, 0.15) is 12.6 Å². The number of fused-ring (bicyclic) bond motifs is 3. The third-order valence-electron chi connectivity index (χ3n) is 7.16. The lowest BCUT2D eigenvalue weighted by molar-refractivity contribution is -0.133. The highest BCUT2D eigenvalue weighted by molar-refractivity contribution is 7.15. The van der Waals surface area contributed by atoms with Gasteiger partial charge in [-0.3, -0.25) is 14.4 Å². The SMILES string of the molecule is CCCC(NC(=O)OCC1c2ccccc2-c2ccccc21)C(O)C(=O)NCC(=O)NC(C(=O)NP)c1ccccc1. The summed E-state index contributed by atoms with van der Waals surface area (Å²) >= 11 is 0. The van der Waals surface area contributed by atoms with Gasteiger partial charge in [0.05, 0.1) is 12.6 Å². The van der Waals surface area contributed by atoms with E-state index in [9.17, 15) is 24.3 Å². The normalized spacial score (nSPS) is 14.0. The molecule has 3 aromatic carbocycles. The molecule has 1 aliphatic rings. The van der Waals surface area contributed by atoms with Crippen LogP contribution in [0.4, 0.5) is 4.79 Å². The summed E-state index contributed by atoms with van der Waals surface area (Å²) in [6, 6.07) is 22.7. The molecular weight excluding hydrogens is 555 g/mol. The number of carbonyl (C=O) groups is 4. The van der Waals surface area contributed by atoms with E-state index in [1.165, 1.54) is 0 Å². The summed E-state index contributed by atoms with van der Waals surface area (Å²) in [6.07, 6.45) is -1.51. The van der Waals surface area contributed by atoms with Crippen molar-refractivity contribution in [3.8, 4) is 11.1 Å². The zero-order chi connectivity index (χ0) is 30.1. The van der Waals surface area contributed by atoms with Gasteiger partial charge in [0.2, 0.25) is 11.8 Å². The number of aliphatic hydroxyl groups excluding tert-OH is 1. The third-order valence-corrected chi connectivity index (χ3v) is 7.45. The van der Waals surface area contributed by atoms with Crippen molar-refractivity contribution < 1.29 is 29.0 Å². The maximum absolute atomic E-state index is 12.8. The van der Waals surface area contributed by atoms with Crippen LogP contribution in [-0.2, 0) is 19.1 Å². The van der Waals surface area contributed by atoms with Gasteiger partial charge in [0.25, 0.3) is 5.91 Å². The lowest BCUT2D eigenvalue weighted by Gasteiger charge is -2.24. The quantitative estimate of drug-likeness (QED) is 0.205. The predicted molar refractivity (Wildman–Crippen MR) is 161 cm³/mol. The summed E-state index contributed by atoms with van der Waals surface area (Å²) in [7, 11) is 2.09. The first-order chi connectivity index (χ1) is 20.3. The van der Waals surface area contributed by atoms with Gasteiger partial charge >= 0.3 is 6.09 Å². The van der Waals surface area contributed by atoms with Crippen LogP contribution in [0.3, 0.4) is 0 Å². The molecule has 0 aromatic heterocycles. The van der Waals surface area contributed by atoms with E-state index in [1.54, 1.807) is 30.3 Å². The first-order valence-corrected chi connectivity index (χ1v) is 14.3. The van der Waals surface area contributed by atoms with Crippen LogP contribution in [-0.4, -0.2) is 54.2 Å². The fourth-order valence-electron chi connectivity index (χ4n) is 5.11. The van der Waals surface area contributed by atoms with Gasteiger partial charge < -0.3 is 30.9 Å². The highest BCUT2D eigenvalue weighted by Gasteiger charge is 2.31. The van der Waals surface area contributed by atoms with E-state index >= 15 is 0 Å². The second-order valence-corrected chi connectivity index (χ2v) is 10.2. The van der Waals surface area contributed by atoms with Crippen LogP contribution in [0, 0.1) is 0 Å². The molecule has 3 aromatic rings. The van der Waals surface area contributed by atoms with Gasteiger partial charge in [-0.1, -0.05) is 92.2 Å². The van der Waals surface area contributed by atoms with E-state index in [0.29, 0.717) is 18.4 Å². The van der Waals surface area contributed by atoms with Gasteiger partial charge in [-0.25, -0.2) is 4.79 Å². The van der Waals surface area contributed by atoms with E-state index in [2.05, 4.69) is 30.4 Å². The summed E-state index contributed by atoms with van der Waals surface area (Å²) in [6.45, 7) is 1.46. The summed E-state index contributed by atoms with van der Waals surface area (Å²) in [5.74, 6) is -2.06. The Hall–Kier alpha value is -4.27. The molecule has 42 heavy (non-hydrogen) atoms. The fraction of sp³-hybridized carbons (Fsp3) is 0.290. The Morgan fingerprint density at radius 3 is 2.05 bits per heavy atom. The van der Waals surface area contributed by atoms with Crippen LogP contribution >= 0.6 is 9.39 Å². The van der Waals surface area contributed by atoms with Gasteiger partial charge in [-0.15, -0.1) is 0 Å². The highest BCUT2D eigenvalue weighted by Crippen LogP contribution is 2.44. The predicted octanol–water partition coefficient (Wildman–Crippen LogP) is 2.93. The van der Waals surface area contributed by atoms with Crippen LogP contribution in [0.5, 0.6) is 0 Å². The van der Waals surface area contributed by atoms with Gasteiger partial charge in [0, 0.05) is 5.92 Å². The van der Waals surface area contributed by atoms with E-state index in [1.807, 2.05) is 55.5 Å². The topological polar surface area (TPSA) is 146 Å². The third kappa shape index (κ3) is 7.32. The van der Waals surface area contributed by atoms with Crippen molar-refractivity contribution >= 4 is 33.2 Å². The van der Waals surface area contributed by atoms with Crippen LogP contribution < -0.4 is 21.0 Å². The van der Waals surface area contributed by atoms with E-state index in [-0.39, 0.29) is 12.5 Å². The van der Waals surface area contributed by atoms with Crippen molar-refractivity contribution in [1.29, 1.82) is 0 Å². The molecule has 4 rings (SSSR count). The largest absolute Gasteiger partial charge is 0.449 e. The lowest BCUT2D eigenvalue weighted by Crippen LogP contribution is -2.52. The van der Waals surface area contributed by atoms with Crippen LogP contribution in [0.25, 0.3) is 11.1 Å². The van der Waals surface area contributed by atoms with Crippen molar-refractivity contribution in [2.75, 3.05) is 13.2 Å². The first-order valence-electron chi connectivity index (χ1n) is 13.8. The first kappa shape index (κ1) is 30.7. The molecule has 4 atom stereocenters. The van der Waals surface area contributed by atoms with E-state index < -0.39 is 48.5 Å². The van der Waals surface area contributed by atoms with Crippen LogP contribution in [0.1, 0.15) is 48.4 Å². The Labute approximate surface area is 246 Å². The fourth-order valence-corrected chi connectivity index (χ4v) is 5.27. The average molecular weight is 591 g/mol. The second-order valence-electron chi connectivity index (χ2n) is 9.95. The number of benzene rings is 3. The van der Waals surface area contributed by atoms with Crippen LogP contribution in [0.2, 0.25) is 0 Å². The smallest absolute Gasteiger partial charge is 0.407 e. The molecule has 0 saturated heterocycles. The zero-order valence-electron chi connectivity index (χ0n) is 23.2. The minimum atomic E-state index is -1.63. The lowest BCUT2D eigenvalue weighted by atomic mass is 9.98. The minimum Gasteiger partial charge on any atom is -0.449 e. The number of hydrogen-bond acceptors (Lipinski definition) is 6. The summed E-state index contributed by atoms with van der Waals surface area (Å²) in [4.78, 5) is 50.3. The summed E-state index contributed by atoms with van der Waals surface area (Å²) in [5.41, 5.74) is 4.91. The number of rotatable bonds is 12. The Bertz CT molecular complexity index is 1370. The molecule has 0 heterocycles. The van der Waals surface area contributed by atoms with Gasteiger partial charge in [0.15, 0.2) is 6.10 Å². The molecule has 10 nitrogen and oxygen atoms in total. The van der Waals surface area contributed by atoms with Crippen molar-refractivity contribution in [1.82, 2.24) is 21.0 Å². The molecule has 4 unspecified atom stereocenters. The molecule has 1 aliphatic carbocycles. The van der Waals surface area contributed by atoms with Crippen molar-refractivity contribution in [3.63, 3.8) is 0 Å². The highest BCUT2D eigenvalue weighted by atomic mass is 31.0. The average Bonchev–Trinajstić information content (AvgIpc) is 3.34. The molecule has 0 fully saturated rings. The summed E-state index contributed by atoms with van der Waals surface area (Å²) < 4.78 is 5.57. The molecule has 0 radical (unpaired) electrons. The van der Waals surface area contributed by atoms with E-state index in [0.717, 1.165) is 22.3 Å². The molecule has 0 saturated carbocycles. The Morgan fingerprint density at radius 2 is 1.45 bits per heavy atom. The maximum atomic E-state index is 12.8. The standard InChI is InChI=1S/C31H35N4O6P/c1-2-10-25(28(37)30(39)32-17-26(36)34-27(29(38)35-42)19-11-4-3-5-12-19)33-31(40)41-18-24-22-15-8-6-13-20(22)21-14-7-9-16-23(21)24/h3-9,11-16,24-25,27-28,37H,2,10,17-18,42H2,1H3,(H,32,39)(H,33,40)(H,34,36)(H,35,38). The Morgan fingerprint density at radius 1 is 0.857 bits per heavy atom. The molecule has 11 heteroatoms. The van der Waals surface area contributed by atoms with Gasteiger partial charge in [-0.2, -0.15) is 0 Å². The van der Waals surface area contributed by atoms with E-state index in [4.69, 9.17) is 4.74 Å². The minimum absolute atomic E-state index is 0.0909. The number of aliphatic hydroxyl groups is 1.